The molecule has 0 unspecified atom stereocenters. The lowest BCUT2D eigenvalue weighted by molar-refractivity contribution is -0.130. The van der Waals surface area contributed by atoms with Crippen LogP contribution in [0.3, 0.4) is 0 Å². The van der Waals surface area contributed by atoms with E-state index in [4.69, 9.17) is 0 Å². The van der Waals surface area contributed by atoms with Gasteiger partial charge in [-0.3, -0.25) is 19.2 Å². The molecule has 8 heteroatoms. The fourth-order valence-electron chi connectivity index (χ4n) is 4.35. The lowest BCUT2D eigenvalue weighted by Crippen LogP contribution is -2.48. The molecule has 226 valence electrons. The number of carbonyl (C=O) groups is 4. The highest BCUT2D eigenvalue weighted by Crippen LogP contribution is 2.18. The van der Waals surface area contributed by atoms with E-state index in [2.05, 4.69) is 21.3 Å². The zero-order chi connectivity index (χ0) is 31.0. The van der Waals surface area contributed by atoms with Crippen molar-refractivity contribution in [3.05, 3.63) is 83.9 Å². The van der Waals surface area contributed by atoms with Crippen molar-refractivity contribution in [3.8, 4) is 0 Å². The van der Waals surface area contributed by atoms with Gasteiger partial charge in [0.25, 0.3) is 0 Å². The van der Waals surface area contributed by atoms with Crippen molar-refractivity contribution < 1.29 is 19.2 Å². The highest BCUT2D eigenvalue weighted by Gasteiger charge is 2.23. The summed E-state index contributed by atoms with van der Waals surface area (Å²) >= 11 is 0. The van der Waals surface area contributed by atoms with Gasteiger partial charge in [-0.1, -0.05) is 86.6 Å². The fourth-order valence-corrected chi connectivity index (χ4v) is 4.35. The van der Waals surface area contributed by atoms with E-state index in [9.17, 15) is 19.2 Å². The first-order chi connectivity index (χ1) is 20.1. The first kappa shape index (κ1) is 34.0. The maximum absolute atomic E-state index is 13.0. The van der Waals surface area contributed by atoms with Crippen LogP contribution in [0.2, 0.25) is 0 Å². The lowest BCUT2D eigenvalue weighted by atomic mass is 10.0. The number of aryl methyl sites for hydroxylation is 1. The van der Waals surface area contributed by atoms with E-state index in [0.717, 1.165) is 21.9 Å². The summed E-state index contributed by atoms with van der Waals surface area (Å²) in [5.74, 6) is -1.08. The summed E-state index contributed by atoms with van der Waals surface area (Å²) in [5.41, 5.74) is 1.65. The molecule has 0 saturated carbocycles. The van der Waals surface area contributed by atoms with Crippen LogP contribution in [0.15, 0.2) is 72.8 Å². The summed E-state index contributed by atoms with van der Waals surface area (Å²) < 4.78 is 0. The van der Waals surface area contributed by atoms with Gasteiger partial charge < -0.3 is 21.3 Å². The SMILES string of the molecule is CC.CC(C)(C)NC(=O)CC[C@H](NC(=O)CCc1ccccc1)C(=O)NCCC(=O)NCc1cccc2ccccc12. The molecule has 8 nitrogen and oxygen atoms in total. The summed E-state index contributed by atoms with van der Waals surface area (Å²) in [7, 11) is 0. The van der Waals surface area contributed by atoms with E-state index in [1.807, 2.05) is 107 Å². The highest BCUT2D eigenvalue weighted by atomic mass is 16.2. The van der Waals surface area contributed by atoms with Crippen LogP contribution in [0, 0.1) is 0 Å². The van der Waals surface area contributed by atoms with Crippen molar-refractivity contribution in [1.82, 2.24) is 21.3 Å². The molecule has 4 N–H and O–H groups in total. The second-order valence-electron chi connectivity index (χ2n) is 10.9. The molecule has 42 heavy (non-hydrogen) atoms. The van der Waals surface area contributed by atoms with Gasteiger partial charge in [0.15, 0.2) is 0 Å². The van der Waals surface area contributed by atoms with Crippen molar-refractivity contribution in [2.24, 2.45) is 0 Å². The number of hydrogen-bond donors (Lipinski definition) is 4. The van der Waals surface area contributed by atoms with Crippen LogP contribution >= 0.6 is 0 Å². The van der Waals surface area contributed by atoms with Gasteiger partial charge >= 0.3 is 0 Å². The molecule has 3 aromatic rings. The number of nitrogens with one attached hydrogen (secondary N) is 4. The molecule has 3 rings (SSSR count). The molecule has 0 aromatic heterocycles. The largest absolute Gasteiger partial charge is 0.354 e. The number of hydrogen-bond acceptors (Lipinski definition) is 4. The molecule has 1 atom stereocenters. The number of rotatable bonds is 13. The average Bonchev–Trinajstić information content (AvgIpc) is 2.97. The Bertz CT molecular complexity index is 1300. The summed E-state index contributed by atoms with van der Waals surface area (Å²) in [6.07, 6.45) is 1.09. The average molecular weight is 575 g/mol. The lowest BCUT2D eigenvalue weighted by Gasteiger charge is -2.22. The monoisotopic (exact) mass is 574 g/mol. The molecular formula is C34H46N4O4. The molecule has 0 bridgehead atoms. The van der Waals surface area contributed by atoms with Crippen LogP contribution in [-0.4, -0.2) is 41.8 Å². The quantitative estimate of drug-likeness (QED) is 0.235. The minimum atomic E-state index is -0.882. The Morgan fingerprint density at radius 3 is 2.10 bits per heavy atom. The van der Waals surface area contributed by atoms with Crippen LogP contribution < -0.4 is 21.3 Å². The van der Waals surface area contributed by atoms with Gasteiger partial charge in [0.1, 0.15) is 6.04 Å². The maximum Gasteiger partial charge on any atom is 0.242 e. The minimum absolute atomic E-state index is 0.0832. The number of benzene rings is 3. The molecule has 0 spiro atoms. The Hall–Kier alpha value is -4.20. The normalized spacial score (nSPS) is 11.5. The van der Waals surface area contributed by atoms with Crippen molar-refractivity contribution in [3.63, 3.8) is 0 Å². The number of amides is 4. The predicted octanol–water partition coefficient (Wildman–Crippen LogP) is 4.80. The van der Waals surface area contributed by atoms with Crippen LogP contribution in [-0.2, 0) is 32.1 Å². The van der Waals surface area contributed by atoms with Gasteiger partial charge in [0.05, 0.1) is 0 Å². The molecule has 4 amide bonds. The second kappa shape index (κ2) is 17.6. The van der Waals surface area contributed by atoms with E-state index >= 15 is 0 Å². The third-order valence-corrected chi connectivity index (χ3v) is 6.32. The van der Waals surface area contributed by atoms with Crippen molar-refractivity contribution in [2.75, 3.05) is 6.54 Å². The second-order valence-corrected chi connectivity index (χ2v) is 10.9. The van der Waals surface area contributed by atoms with Crippen LogP contribution in [0.4, 0.5) is 0 Å². The summed E-state index contributed by atoms with van der Waals surface area (Å²) in [6.45, 7) is 10.1. The Kier molecular flexibility index (Phi) is 14.2. The molecule has 0 aliphatic carbocycles. The van der Waals surface area contributed by atoms with Gasteiger partial charge in [-0.25, -0.2) is 0 Å². The van der Waals surface area contributed by atoms with E-state index in [1.165, 1.54) is 0 Å². The molecule has 0 fully saturated rings. The molecular weight excluding hydrogens is 528 g/mol. The molecule has 0 saturated heterocycles. The van der Waals surface area contributed by atoms with Gasteiger partial charge in [-0.05, 0) is 55.5 Å². The molecule has 0 aliphatic heterocycles. The van der Waals surface area contributed by atoms with Crippen molar-refractivity contribution >= 4 is 34.4 Å². The van der Waals surface area contributed by atoms with E-state index in [1.54, 1.807) is 0 Å². The van der Waals surface area contributed by atoms with E-state index in [0.29, 0.717) is 13.0 Å². The Labute approximate surface area is 250 Å². The third-order valence-electron chi connectivity index (χ3n) is 6.32. The maximum atomic E-state index is 13.0. The summed E-state index contributed by atoms with van der Waals surface area (Å²) in [5, 5.41) is 13.5. The van der Waals surface area contributed by atoms with Gasteiger partial charge in [0, 0.05) is 37.9 Å². The van der Waals surface area contributed by atoms with Crippen LogP contribution in [0.5, 0.6) is 0 Å². The highest BCUT2D eigenvalue weighted by molar-refractivity contribution is 5.89. The Morgan fingerprint density at radius 2 is 1.38 bits per heavy atom. The molecule has 0 aliphatic rings. The van der Waals surface area contributed by atoms with E-state index in [-0.39, 0.29) is 49.9 Å². The fraction of sp³-hybridized carbons (Fsp3) is 0.412. The zero-order valence-corrected chi connectivity index (χ0v) is 25.6. The van der Waals surface area contributed by atoms with E-state index < -0.39 is 17.5 Å². The Morgan fingerprint density at radius 1 is 0.714 bits per heavy atom. The Balaban J connectivity index is 0.00000301. The molecule has 0 radical (unpaired) electrons. The first-order valence-electron chi connectivity index (χ1n) is 14.8. The van der Waals surface area contributed by atoms with Crippen molar-refractivity contribution in [1.29, 1.82) is 0 Å². The van der Waals surface area contributed by atoms with Gasteiger partial charge in [-0.2, -0.15) is 0 Å². The zero-order valence-electron chi connectivity index (χ0n) is 25.6. The first-order valence-corrected chi connectivity index (χ1v) is 14.8. The smallest absolute Gasteiger partial charge is 0.242 e. The topological polar surface area (TPSA) is 116 Å². The van der Waals surface area contributed by atoms with Gasteiger partial charge in [-0.15, -0.1) is 0 Å². The predicted molar refractivity (Wildman–Crippen MR) is 169 cm³/mol. The summed E-state index contributed by atoms with van der Waals surface area (Å²) in [6, 6.07) is 22.7. The van der Waals surface area contributed by atoms with Gasteiger partial charge in [0.2, 0.25) is 23.6 Å². The number of fused-ring (bicyclic) bond motifs is 1. The van der Waals surface area contributed by atoms with Crippen LogP contribution in [0.1, 0.15) is 71.4 Å². The molecule has 3 aromatic carbocycles. The van der Waals surface area contributed by atoms with Crippen LogP contribution in [0.25, 0.3) is 10.8 Å². The third kappa shape index (κ3) is 12.5. The standard InChI is InChI=1S/C32H40N4O4.C2H6/c1-32(2,3)36-30(39)19-17-27(35-29(38)18-16-23-10-5-4-6-11-23)31(40)33-21-20-28(37)34-22-25-14-9-13-24-12-7-8-15-26(24)25;1-2/h4-15,27H,16-22H2,1-3H3,(H,33,40)(H,34,37)(H,35,38)(H,36,39);1-2H3/t27-;/m0./s1. The minimum Gasteiger partial charge on any atom is -0.354 e. The van der Waals surface area contributed by atoms with Crippen molar-refractivity contribution in [2.45, 2.75) is 84.8 Å². The molecule has 0 heterocycles. The number of carbonyl (C=O) groups excluding carboxylic acids is 4. The summed E-state index contributed by atoms with van der Waals surface area (Å²) in [4.78, 5) is 50.4.